The Morgan fingerprint density at radius 3 is 2.50 bits per heavy atom. The molecule has 0 radical (unpaired) electrons. The summed E-state index contributed by atoms with van der Waals surface area (Å²) in [6.45, 7) is 0. The summed E-state index contributed by atoms with van der Waals surface area (Å²) < 4.78 is 0. The van der Waals surface area contributed by atoms with E-state index in [1.165, 1.54) is 0 Å². The maximum atomic E-state index is 9.60. The van der Waals surface area contributed by atoms with Crippen molar-refractivity contribution in [3.63, 3.8) is 0 Å². The van der Waals surface area contributed by atoms with Gasteiger partial charge in [-0.05, 0) is 54.1 Å². The van der Waals surface area contributed by atoms with E-state index in [-0.39, 0.29) is 11.5 Å². The van der Waals surface area contributed by atoms with Crippen molar-refractivity contribution in [2.45, 2.75) is 0 Å². The van der Waals surface area contributed by atoms with E-state index in [0.717, 1.165) is 33.7 Å². The van der Waals surface area contributed by atoms with Crippen LogP contribution in [0.5, 0.6) is 11.5 Å². The lowest BCUT2D eigenvalue weighted by molar-refractivity contribution is 0.475. The predicted octanol–water partition coefficient (Wildman–Crippen LogP) is 4.38. The van der Waals surface area contributed by atoms with Crippen molar-refractivity contribution in [2.24, 2.45) is 0 Å². The number of nitrogens with zero attached hydrogens (tertiary/aromatic N) is 1. The van der Waals surface area contributed by atoms with Gasteiger partial charge in [0.1, 0.15) is 17.1 Å². The molecule has 0 atom stereocenters. The first kappa shape index (κ1) is 14.1. The number of aromatic nitrogens is 2. The van der Waals surface area contributed by atoms with Crippen molar-refractivity contribution >= 4 is 22.4 Å². The fourth-order valence-electron chi connectivity index (χ4n) is 2.67. The second-order valence-electron chi connectivity index (χ2n) is 5.53. The summed E-state index contributed by atoms with van der Waals surface area (Å²) in [5, 5.41) is 23.3. The minimum atomic E-state index is 0.212. The minimum absolute atomic E-state index is 0.212. The fourth-order valence-corrected chi connectivity index (χ4v) is 2.67. The van der Waals surface area contributed by atoms with E-state index in [9.17, 15) is 10.2 Å². The molecule has 2 aromatic carbocycles. The molecule has 0 unspecified atom stereocenters. The number of fused-ring (bicyclic) bond motifs is 1. The van der Waals surface area contributed by atoms with Gasteiger partial charge >= 0.3 is 0 Å². The summed E-state index contributed by atoms with van der Waals surface area (Å²) in [4.78, 5) is 7.66. The topological polar surface area (TPSA) is 81.2 Å². The third-order valence-corrected chi connectivity index (χ3v) is 3.84. The number of benzene rings is 2. The average molecular weight is 317 g/mol. The Hall–Kier alpha value is -3.47. The summed E-state index contributed by atoms with van der Waals surface area (Å²) >= 11 is 0. The van der Waals surface area contributed by atoms with Crippen LogP contribution in [0.4, 0.5) is 11.4 Å². The van der Waals surface area contributed by atoms with Crippen molar-refractivity contribution in [3.8, 4) is 22.8 Å². The normalized spacial score (nSPS) is 10.8. The van der Waals surface area contributed by atoms with E-state index in [1.54, 1.807) is 36.5 Å². The number of hydrogen-bond acceptors (Lipinski definition) is 4. The molecular weight excluding hydrogens is 302 g/mol. The Morgan fingerprint density at radius 1 is 0.875 bits per heavy atom. The van der Waals surface area contributed by atoms with Gasteiger partial charge in [-0.1, -0.05) is 6.07 Å². The van der Waals surface area contributed by atoms with Gasteiger partial charge in [0.15, 0.2) is 0 Å². The maximum Gasteiger partial charge on any atom is 0.139 e. The molecule has 4 N–H and O–H groups in total. The summed E-state index contributed by atoms with van der Waals surface area (Å²) in [5.41, 5.74) is 4.35. The lowest BCUT2D eigenvalue weighted by Crippen LogP contribution is -1.91. The largest absolute Gasteiger partial charge is 0.508 e. The van der Waals surface area contributed by atoms with E-state index in [2.05, 4.69) is 15.3 Å². The Morgan fingerprint density at radius 2 is 1.71 bits per heavy atom. The number of rotatable bonds is 3. The van der Waals surface area contributed by atoms with Crippen LogP contribution in [0.15, 0.2) is 66.9 Å². The highest BCUT2D eigenvalue weighted by atomic mass is 16.3. The van der Waals surface area contributed by atoms with Crippen LogP contribution in [-0.4, -0.2) is 20.2 Å². The number of H-pyrrole nitrogens is 1. The van der Waals surface area contributed by atoms with Gasteiger partial charge in [-0.25, -0.2) is 4.98 Å². The van der Waals surface area contributed by atoms with Crippen LogP contribution in [0.1, 0.15) is 0 Å². The van der Waals surface area contributed by atoms with Gasteiger partial charge in [0.25, 0.3) is 0 Å². The summed E-state index contributed by atoms with van der Waals surface area (Å²) in [6, 6.07) is 17.9. The van der Waals surface area contributed by atoms with Crippen LogP contribution < -0.4 is 5.32 Å². The van der Waals surface area contributed by atoms with Gasteiger partial charge in [-0.2, -0.15) is 0 Å². The highest BCUT2D eigenvalue weighted by molar-refractivity contribution is 5.94. The molecular formula is C19H15N3O2. The Labute approximate surface area is 138 Å². The van der Waals surface area contributed by atoms with Crippen molar-refractivity contribution in [1.29, 1.82) is 0 Å². The molecule has 24 heavy (non-hydrogen) atoms. The maximum absolute atomic E-state index is 9.60. The Bertz CT molecular complexity index is 1010. The molecule has 0 bridgehead atoms. The zero-order valence-corrected chi connectivity index (χ0v) is 12.7. The highest BCUT2D eigenvalue weighted by Gasteiger charge is 2.09. The molecule has 0 saturated carbocycles. The molecule has 0 fully saturated rings. The standard InChI is InChI=1S/C19H15N3O2/c23-14-6-4-12(5-7-14)18-11-16-17(8-9-20-19(16)22-18)21-13-2-1-3-15(24)10-13/h1-11,23-24H,(H2,20,21,22). The lowest BCUT2D eigenvalue weighted by Gasteiger charge is -2.07. The zero-order valence-electron chi connectivity index (χ0n) is 12.7. The molecule has 2 heterocycles. The Balaban J connectivity index is 1.76. The average Bonchev–Trinajstić information content (AvgIpc) is 3.01. The van der Waals surface area contributed by atoms with Crippen LogP contribution in [-0.2, 0) is 0 Å². The monoisotopic (exact) mass is 317 g/mol. The van der Waals surface area contributed by atoms with E-state index in [4.69, 9.17) is 0 Å². The highest BCUT2D eigenvalue weighted by Crippen LogP contribution is 2.31. The molecule has 0 aliphatic heterocycles. The molecule has 4 aromatic rings. The second kappa shape index (κ2) is 5.62. The van der Waals surface area contributed by atoms with E-state index in [1.807, 2.05) is 30.3 Å². The van der Waals surface area contributed by atoms with Gasteiger partial charge in [-0.15, -0.1) is 0 Å². The van der Waals surface area contributed by atoms with Gasteiger partial charge in [0.2, 0.25) is 0 Å². The predicted molar refractivity (Wildman–Crippen MR) is 94.6 cm³/mol. The van der Waals surface area contributed by atoms with Gasteiger partial charge in [0.05, 0.1) is 5.69 Å². The fraction of sp³-hybridized carbons (Fsp3) is 0. The number of hydrogen-bond donors (Lipinski definition) is 4. The van der Waals surface area contributed by atoms with Crippen LogP contribution in [0.2, 0.25) is 0 Å². The molecule has 0 aliphatic rings. The number of anilines is 2. The number of aromatic amines is 1. The molecule has 0 amide bonds. The molecule has 0 spiro atoms. The number of pyridine rings is 1. The van der Waals surface area contributed by atoms with Crippen molar-refractivity contribution in [3.05, 3.63) is 66.9 Å². The van der Waals surface area contributed by atoms with E-state index < -0.39 is 0 Å². The molecule has 5 heteroatoms. The zero-order chi connectivity index (χ0) is 16.5. The number of phenolic OH excluding ortho intramolecular Hbond substituents is 2. The molecule has 2 aromatic heterocycles. The van der Waals surface area contributed by atoms with Crippen LogP contribution in [0, 0.1) is 0 Å². The van der Waals surface area contributed by atoms with E-state index in [0.29, 0.717) is 0 Å². The first-order valence-corrected chi connectivity index (χ1v) is 7.52. The van der Waals surface area contributed by atoms with Crippen LogP contribution in [0.25, 0.3) is 22.3 Å². The molecule has 5 nitrogen and oxygen atoms in total. The lowest BCUT2D eigenvalue weighted by atomic mass is 10.1. The molecule has 0 aliphatic carbocycles. The van der Waals surface area contributed by atoms with Crippen molar-refractivity contribution in [1.82, 2.24) is 9.97 Å². The first-order chi connectivity index (χ1) is 11.7. The van der Waals surface area contributed by atoms with Crippen LogP contribution >= 0.6 is 0 Å². The quantitative estimate of drug-likeness (QED) is 0.452. The van der Waals surface area contributed by atoms with E-state index >= 15 is 0 Å². The van der Waals surface area contributed by atoms with Gasteiger partial charge in [0, 0.05) is 29.0 Å². The number of phenols is 2. The second-order valence-corrected chi connectivity index (χ2v) is 5.53. The SMILES string of the molecule is Oc1ccc(-c2cc3c(Nc4cccc(O)c4)ccnc3[nH]2)cc1. The van der Waals surface area contributed by atoms with Crippen molar-refractivity contribution in [2.75, 3.05) is 5.32 Å². The number of nitrogens with one attached hydrogen (secondary N) is 2. The van der Waals surface area contributed by atoms with Crippen molar-refractivity contribution < 1.29 is 10.2 Å². The summed E-state index contributed by atoms with van der Waals surface area (Å²) in [7, 11) is 0. The Kier molecular flexibility index (Phi) is 3.31. The summed E-state index contributed by atoms with van der Waals surface area (Å²) in [6.07, 6.45) is 1.73. The third-order valence-electron chi connectivity index (χ3n) is 3.84. The number of aromatic hydroxyl groups is 2. The molecule has 0 saturated heterocycles. The van der Waals surface area contributed by atoms with Crippen LogP contribution in [0.3, 0.4) is 0 Å². The first-order valence-electron chi connectivity index (χ1n) is 7.52. The molecule has 118 valence electrons. The smallest absolute Gasteiger partial charge is 0.139 e. The molecule has 4 rings (SSSR count). The minimum Gasteiger partial charge on any atom is -0.508 e. The van der Waals surface area contributed by atoms with Gasteiger partial charge < -0.3 is 20.5 Å². The van der Waals surface area contributed by atoms with Gasteiger partial charge in [-0.3, -0.25) is 0 Å². The third kappa shape index (κ3) is 2.63. The summed E-state index contributed by atoms with van der Waals surface area (Å²) in [5.74, 6) is 0.448.